The summed E-state index contributed by atoms with van der Waals surface area (Å²) in [6, 6.07) is 7.96. The van der Waals surface area contributed by atoms with Crippen LogP contribution >= 0.6 is 0 Å². The van der Waals surface area contributed by atoms with Gasteiger partial charge in [-0.3, -0.25) is 15.0 Å². The van der Waals surface area contributed by atoms with Crippen molar-refractivity contribution in [3.05, 3.63) is 30.0 Å². The summed E-state index contributed by atoms with van der Waals surface area (Å²) in [6.45, 7) is 4.96. The first kappa shape index (κ1) is 22.3. The van der Waals surface area contributed by atoms with Crippen LogP contribution in [0.25, 0.3) is 10.9 Å². The molecule has 0 bridgehead atoms. The Morgan fingerprint density at radius 2 is 1.91 bits per heavy atom. The van der Waals surface area contributed by atoms with Gasteiger partial charge in [-0.1, -0.05) is 6.07 Å². The number of imide groups is 1. The molecule has 0 radical (unpaired) electrons. The molecule has 0 spiro atoms. The maximum Gasteiger partial charge on any atom is 0.328 e. The van der Waals surface area contributed by atoms with E-state index in [1.807, 2.05) is 12.1 Å². The quantitative estimate of drug-likeness (QED) is 0.736. The van der Waals surface area contributed by atoms with Gasteiger partial charge in [0.1, 0.15) is 0 Å². The summed E-state index contributed by atoms with van der Waals surface area (Å²) in [4.78, 5) is 27.8. The molecule has 3 saturated heterocycles. The molecule has 1 atom stereocenters. The molecule has 33 heavy (non-hydrogen) atoms. The first-order chi connectivity index (χ1) is 15.8. The molecule has 5 rings (SSSR count). The summed E-state index contributed by atoms with van der Waals surface area (Å²) in [7, 11) is 0. The molecule has 178 valence electrons. The van der Waals surface area contributed by atoms with Crippen LogP contribution in [-0.2, 0) is 4.79 Å². The maximum absolute atomic E-state index is 14.2. The van der Waals surface area contributed by atoms with Gasteiger partial charge in [0.25, 0.3) is 5.92 Å². The Hall–Kier alpha value is -2.52. The molecule has 7 nitrogen and oxygen atoms in total. The smallest absolute Gasteiger partial charge is 0.328 e. The second kappa shape index (κ2) is 8.68. The van der Waals surface area contributed by atoms with Crippen molar-refractivity contribution in [1.82, 2.24) is 20.1 Å². The lowest BCUT2D eigenvalue weighted by Gasteiger charge is -2.39. The van der Waals surface area contributed by atoms with E-state index in [1.165, 1.54) is 0 Å². The first-order valence-electron chi connectivity index (χ1n) is 11.9. The van der Waals surface area contributed by atoms with Gasteiger partial charge in [-0.2, -0.15) is 0 Å². The molecular weight excluding hydrogens is 428 g/mol. The molecule has 3 amide bonds. The fourth-order valence-electron chi connectivity index (χ4n) is 5.67. The van der Waals surface area contributed by atoms with Gasteiger partial charge in [-0.15, -0.1) is 0 Å². The van der Waals surface area contributed by atoms with Crippen molar-refractivity contribution in [2.75, 3.05) is 44.2 Å². The Morgan fingerprint density at radius 3 is 2.64 bits per heavy atom. The minimum atomic E-state index is -2.63. The second-order valence-corrected chi connectivity index (χ2v) is 9.58. The highest BCUT2D eigenvalue weighted by molar-refractivity contribution is 6.09. The third-order valence-electron chi connectivity index (χ3n) is 7.43. The number of nitrogens with one attached hydrogen (secondary N) is 2. The number of piperidine rings is 2. The first-order valence-corrected chi connectivity index (χ1v) is 11.9. The van der Waals surface area contributed by atoms with Crippen molar-refractivity contribution < 1.29 is 18.4 Å². The van der Waals surface area contributed by atoms with E-state index in [4.69, 9.17) is 0 Å². The summed E-state index contributed by atoms with van der Waals surface area (Å²) < 4.78 is 30.8. The van der Waals surface area contributed by atoms with E-state index in [1.54, 1.807) is 4.90 Å². The van der Waals surface area contributed by atoms with Crippen LogP contribution < -0.4 is 15.5 Å². The maximum atomic E-state index is 14.2. The monoisotopic (exact) mass is 459 g/mol. The molecule has 1 aromatic heterocycles. The molecule has 4 heterocycles. The second-order valence-electron chi connectivity index (χ2n) is 9.58. The standard InChI is InChI=1S/C24H31F2N5O2/c1-16-13-19-20(30-12-8-22(32)28-23(30)33)3-2-4-21(19)31(16)18-6-10-29(11-7-18)14-17-5-9-27-15-24(17,25)26/h2-4,13,17-18,27H,5-12,14-15H2,1H3,(H,28,32,33)/t17-/m1/s1. The summed E-state index contributed by atoms with van der Waals surface area (Å²) in [5.41, 5.74) is 3.00. The van der Waals surface area contributed by atoms with E-state index < -0.39 is 11.8 Å². The number of amides is 3. The van der Waals surface area contributed by atoms with Crippen LogP contribution in [0.15, 0.2) is 24.3 Å². The van der Waals surface area contributed by atoms with Crippen LogP contribution in [0.2, 0.25) is 0 Å². The number of carbonyl (C=O) groups is 2. The fourth-order valence-corrected chi connectivity index (χ4v) is 5.67. The number of halogens is 2. The van der Waals surface area contributed by atoms with Crippen LogP contribution in [0.3, 0.4) is 0 Å². The van der Waals surface area contributed by atoms with E-state index in [9.17, 15) is 18.4 Å². The number of carbonyl (C=O) groups excluding carboxylic acids is 2. The van der Waals surface area contributed by atoms with Gasteiger partial charge in [-0.25, -0.2) is 13.6 Å². The molecule has 9 heteroatoms. The number of anilines is 1. The van der Waals surface area contributed by atoms with Gasteiger partial charge in [0, 0.05) is 55.6 Å². The van der Waals surface area contributed by atoms with Gasteiger partial charge in [0.2, 0.25) is 5.91 Å². The third kappa shape index (κ3) is 4.24. The fraction of sp³-hybridized carbons (Fsp3) is 0.583. The Balaban J connectivity index is 1.32. The van der Waals surface area contributed by atoms with Gasteiger partial charge < -0.3 is 14.8 Å². The van der Waals surface area contributed by atoms with Crippen molar-refractivity contribution >= 4 is 28.5 Å². The molecule has 2 N–H and O–H groups in total. The van der Waals surface area contributed by atoms with Crippen LogP contribution in [-0.4, -0.2) is 66.6 Å². The van der Waals surface area contributed by atoms with Crippen LogP contribution in [0.5, 0.6) is 0 Å². The highest BCUT2D eigenvalue weighted by Crippen LogP contribution is 2.36. The molecule has 3 aliphatic rings. The van der Waals surface area contributed by atoms with Crippen molar-refractivity contribution in [2.45, 2.75) is 44.6 Å². The molecule has 1 aromatic carbocycles. The Bertz CT molecular complexity index is 1060. The van der Waals surface area contributed by atoms with Gasteiger partial charge in [-0.05, 0) is 50.9 Å². The number of nitrogens with zero attached hydrogens (tertiary/aromatic N) is 3. The minimum absolute atomic E-state index is 0.214. The van der Waals surface area contributed by atoms with E-state index >= 15 is 0 Å². The average Bonchev–Trinajstić information content (AvgIpc) is 3.12. The summed E-state index contributed by atoms with van der Waals surface area (Å²) >= 11 is 0. The molecule has 2 aromatic rings. The van der Waals surface area contributed by atoms with Crippen LogP contribution in [0.4, 0.5) is 19.3 Å². The zero-order valence-electron chi connectivity index (χ0n) is 18.9. The predicted octanol–water partition coefficient (Wildman–Crippen LogP) is 3.28. The molecule has 0 aliphatic carbocycles. The lowest BCUT2D eigenvalue weighted by Crippen LogP contribution is -2.51. The Labute approximate surface area is 192 Å². The topological polar surface area (TPSA) is 69.6 Å². The zero-order valence-corrected chi connectivity index (χ0v) is 18.9. The number of rotatable bonds is 4. The number of alkyl halides is 2. The Kier molecular flexibility index (Phi) is 5.86. The highest BCUT2D eigenvalue weighted by atomic mass is 19.3. The van der Waals surface area contributed by atoms with E-state index in [0.29, 0.717) is 32.1 Å². The van der Waals surface area contributed by atoms with Gasteiger partial charge in [0.05, 0.1) is 17.7 Å². The predicted molar refractivity (Wildman–Crippen MR) is 123 cm³/mol. The van der Waals surface area contributed by atoms with Crippen molar-refractivity contribution in [1.29, 1.82) is 0 Å². The largest absolute Gasteiger partial charge is 0.342 e. The number of hydrogen-bond donors (Lipinski definition) is 2. The lowest BCUT2D eigenvalue weighted by atomic mass is 9.92. The van der Waals surface area contributed by atoms with Crippen molar-refractivity contribution in [3.8, 4) is 0 Å². The number of likely N-dealkylation sites (tertiary alicyclic amines) is 1. The number of benzene rings is 1. The third-order valence-corrected chi connectivity index (χ3v) is 7.43. The van der Waals surface area contributed by atoms with E-state index in [2.05, 4.69) is 39.2 Å². The van der Waals surface area contributed by atoms with Gasteiger partial charge >= 0.3 is 6.03 Å². The molecule has 3 aliphatic heterocycles. The lowest BCUT2D eigenvalue weighted by molar-refractivity contribution is -0.120. The van der Waals surface area contributed by atoms with Crippen molar-refractivity contribution in [2.24, 2.45) is 5.92 Å². The van der Waals surface area contributed by atoms with Crippen molar-refractivity contribution in [3.63, 3.8) is 0 Å². The van der Waals surface area contributed by atoms with Crippen LogP contribution in [0, 0.1) is 12.8 Å². The molecule has 3 fully saturated rings. The Morgan fingerprint density at radius 1 is 1.12 bits per heavy atom. The highest BCUT2D eigenvalue weighted by Gasteiger charge is 2.42. The number of hydrogen-bond acceptors (Lipinski definition) is 4. The number of fused-ring (bicyclic) bond motifs is 1. The molecule has 0 unspecified atom stereocenters. The van der Waals surface area contributed by atoms with E-state index in [0.717, 1.165) is 48.2 Å². The SMILES string of the molecule is Cc1cc2c(N3CCC(=O)NC3=O)cccc2n1C1CCN(C[C@H]2CCNCC2(F)F)CC1. The summed E-state index contributed by atoms with van der Waals surface area (Å²) in [6.07, 6.45) is 2.62. The summed E-state index contributed by atoms with van der Waals surface area (Å²) in [5, 5.41) is 6.20. The summed E-state index contributed by atoms with van der Waals surface area (Å²) in [5.74, 6) is -3.45. The number of aryl methyl sites for hydroxylation is 1. The zero-order chi connectivity index (χ0) is 23.2. The number of urea groups is 1. The van der Waals surface area contributed by atoms with E-state index in [-0.39, 0.29) is 24.9 Å². The van der Waals surface area contributed by atoms with Crippen LogP contribution in [0.1, 0.15) is 37.4 Å². The average molecular weight is 460 g/mol. The molecular formula is C24H31F2N5O2. The normalized spacial score (nSPS) is 24.9. The minimum Gasteiger partial charge on any atom is -0.342 e. The number of aromatic nitrogens is 1. The molecule has 0 saturated carbocycles. The van der Waals surface area contributed by atoms with Gasteiger partial charge in [0.15, 0.2) is 0 Å².